The number of nitrogens with one attached hydrogen (secondary N) is 2. The summed E-state index contributed by atoms with van der Waals surface area (Å²) in [6.07, 6.45) is 10.4. The molecule has 0 aliphatic carbocycles. The molecule has 2 aromatic heterocycles. The largest absolute Gasteiger partial charge is 0.486 e. The molecule has 3 heterocycles. The minimum absolute atomic E-state index is 0.201. The van der Waals surface area contributed by atoms with Crippen molar-refractivity contribution < 1.29 is 9.53 Å². The van der Waals surface area contributed by atoms with E-state index in [1.165, 1.54) is 12.4 Å². The third kappa shape index (κ3) is 5.66. The molecule has 1 amide bonds. The monoisotopic (exact) mass is 526 g/mol. The Morgan fingerprint density at radius 3 is 2.82 bits per heavy atom. The SMILES string of the molecule is CC(C)NC/C=C/C(=O)Nc1ccc2ncnc3c2c1C=CN3c1ccc(OCc2ccccn2)c(Cl)c1. The molecule has 0 fully saturated rings. The third-order valence-electron chi connectivity index (χ3n) is 5.91. The van der Waals surface area contributed by atoms with E-state index in [2.05, 4.69) is 39.4 Å². The molecule has 1 aliphatic heterocycles. The van der Waals surface area contributed by atoms with Gasteiger partial charge in [0.1, 0.15) is 24.5 Å². The first-order chi connectivity index (χ1) is 18.5. The summed E-state index contributed by atoms with van der Waals surface area (Å²) in [7, 11) is 0. The van der Waals surface area contributed by atoms with Crippen LogP contribution in [0.3, 0.4) is 0 Å². The number of benzene rings is 2. The predicted octanol–water partition coefficient (Wildman–Crippen LogP) is 5.87. The van der Waals surface area contributed by atoms with E-state index in [4.69, 9.17) is 16.3 Å². The van der Waals surface area contributed by atoms with Crippen LogP contribution in [0.5, 0.6) is 5.75 Å². The van der Waals surface area contributed by atoms with Gasteiger partial charge in [0, 0.05) is 48.0 Å². The van der Waals surface area contributed by atoms with Gasteiger partial charge in [-0.2, -0.15) is 0 Å². The van der Waals surface area contributed by atoms with Crippen LogP contribution < -0.4 is 20.3 Å². The Kier molecular flexibility index (Phi) is 7.62. The molecule has 2 aromatic carbocycles. The fraction of sp³-hybridized carbons (Fsp3) is 0.172. The topological polar surface area (TPSA) is 92.3 Å². The van der Waals surface area contributed by atoms with Gasteiger partial charge in [0.05, 0.1) is 21.6 Å². The minimum Gasteiger partial charge on any atom is -0.486 e. The highest BCUT2D eigenvalue weighted by Crippen LogP contribution is 2.41. The van der Waals surface area contributed by atoms with Gasteiger partial charge in [-0.15, -0.1) is 0 Å². The average Bonchev–Trinajstić information content (AvgIpc) is 2.92. The lowest BCUT2D eigenvalue weighted by molar-refractivity contribution is -0.111. The Morgan fingerprint density at radius 1 is 1.13 bits per heavy atom. The number of ether oxygens (including phenoxy) is 1. The highest BCUT2D eigenvalue weighted by Gasteiger charge is 2.22. The summed E-state index contributed by atoms with van der Waals surface area (Å²) >= 11 is 6.58. The summed E-state index contributed by atoms with van der Waals surface area (Å²) in [5, 5.41) is 7.54. The van der Waals surface area contributed by atoms with Gasteiger partial charge in [0.2, 0.25) is 5.91 Å². The Labute approximate surface area is 226 Å². The van der Waals surface area contributed by atoms with Gasteiger partial charge in [0.15, 0.2) is 0 Å². The van der Waals surface area contributed by atoms with Gasteiger partial charge in [-0.1, -0.05) is 37.6 Å². The zero-order valence-electron chi connectivity index (χ0n) is 21.1. The number of carbonyl (C=O) groups excluding carboxylic acids is 1. The molecule has 0 spiro atoms. The minimum atomic E-state index is -0.201. The number of hydrogen-bond donors (Lipinski definition) is 2. The Bertz CT molecular complexity index is 1520. The second-order valence-electron chi connectivity index (χ2n) is 8.98. The molecule has 4 aromatic rings. The van der Waals surface area contributed by atoms with Crippen molar-refractivity contribution in [2.75, 3.05) is 16.8 Å². The van der Waals surface area contributed by atoms with E-state index in [0.717, 1.165) is 27.8 Å². The van der Waals surface area contributed by atoms with Crippen LogP contribution in [-0.4, -0.2) is 33.4 Å². The highest BCUT2D eigenvalue weighted by molar-refractivity contribution is 6.32. The molecule has 0 atom stereocenters. The van der Waals surface area contributed by atoms with Gasteiger partial charge in [0.25, 0.3) is 0 Å². The molecule has 38 heavy (non-hydrogen) atoms. The lowest BCUT2D eigenvalue weighted by Crippen LogP contribution is -2.22. The number of aromatic nitrogens is 3. The van der Waals surface area contributed by atoms with E-state index >= 15 is 0 Å². The quantitative estimate of drug-likeness (QED) is 0.263. The van der Waals surface area contributed by atoms with E-state index in [1.807, 2.05) is 71.8 Å². The van der Waals surface area contributed by atoms with Crippen molar-refractivity contribution in [2.45, 2.75) is 26.5 Å². The molecule has 0 radical (unpaired) electrons. The summed E-state index contributed by atoms with van der Waals surface area (Å²) in [4.78, 5) is 27.8. The summed E-state index contributed by atoms with van der Waals surface area (Å²) in [5.41, 5.74) is 3.94. The van der Waals surface area contributed by atoms with Gasteiger partial charge in [-0.3, -0.25) is 9.78 Å². The molecule has 2 N–H and O–H groups in total. The van der Waals surface area contributed by atoms with Crippen LogP contribution in [0.1, 0.15) is 25.1 Å². The van der Waals surface area contributed by atoms with Gasteiger partial charge >= 0.3 is 0 Å². The van der Waals surface area contributed by atoms with E-state index < -0.39 is 0 Å². The molecular weight excluding hydrogens is 500 g/mol. The van der Waals surface area contributed by atoms with E-state index in [1.54, 1.807) is 6.20 Å². The number of rotatable bonds is 9. The number of carbonyl (C=O) groups is 1. The van der Waals surface area contributed by atoms with Crippen molar-refractivity contribution in [1.29, 1.82) is 0 Å². The van der Waals surface area contributed by atoms with E-state index in [9.17, 15) is 4.79 Å². The van der Waals surface area contributed by atoms with Crippen LogP contribution in [-0.2, 0) is 11.4 Å². The number of hydrogen-bond acceptors (Lipinski definition) is 7. The fourth-order valence-corrected chi connectivity index (χ4v) is 4.32. The maximum Gasteiger partial charge on any atom is 0.248 e. The molecule has 1 aliphatic rings. The molecule has 0 unspecified atom stereocenters. The van der Waals surface area contributed by atoms with Crippen LogP contribution in [0.25, 0.3) is 17.0 Å². The van der Waals surface area contributed by atoms with Crippen molar-refractivity contribution >= 4 is 51.7 Å². The molecule has 0 bridgehead atoms. The first kappa shape index (κ1) is 25.4. The molecule has 9 heteroatoms. The fourth-order valence-electron chi connectivity index (χ4n) is 4.09. The second-order valence-corrected chi connectivity index (χ2v) is 9.39. The molecule has 0 saturated heterocycles. The van der Waals surface area contributed by atoms with Crippen LogP contribution in [0.15, 0.2) is 79.4 Å². The Hall–Kier alpha value is -4.27. The Morgan fingerprint density at radius 2 is 2.03 bits per heavy atom. The first-order valence-electron chi connectivity index (χ1n) is 12.3. The van der Waals surface area contributed by atoms with Crippen molar-refractivity contribution in [2.24, 2.45) is 0 Å². The van der Waals surface area contributed by atoms with Gasteiger partial charge in [-0.25, -0.2) is 9.97 Å². The maximum atomic E-state index is 12.5. The molecule has 192 valence electrons. The zero-order chi connectivity index (χ0) is 26.5. The third-order valence-corrected chi connectivity index (χ3v) is 6.20. The number of halogens is 1. The Balaban J connectivity index is 1.38. The van der Waals surface area contributed by atoms with Crippen LogP contribution in [0.4, 0.5) is 17.2 Å². The molecule has 0 saturated carbocycles. The normalized spacial score (nSPS) is 12.5. The average molecular weight is 527 g/mol. The zero-order valence-corrected chi connectivity index (χ0v) is 21.8. The van der Waals surface area contributed by atoms with E-state index in [0.29, 0.717) is 41.5 Å². The van der Waals surface area contributed by atoms with Crippen molar-refractivity contribution in [1.82, 2.24) is 20.3 Å². The van der Waals surface area contributed by atoms with Gasteiger partial charge in [-0.05, 0) is 48.5 Å². The maximum absolute atomic E-state index is 12.5. The summed E-state index contributed by atoms with van der Waals surface area (Å²) < 4.78 is 5.87. The molecule has 5 rings (SSSR count). The summed E-state index contributed by atoms with van der Waals surface area (Å²) in [6, 6.07) is 15.3. The standard InChI is InChI=1S/C29H27ClN6O2/c1-19(2)31-14-5-7-27(37)35-24-9-10-25-28-22(24)12-15-36(29(28)34-18-33-25)21-8-11-26(23(30)16-21)38-17-20-6-3-4-13-32-20/h3-13,15-16,18-19,31H,14,17H2,1-2H3,(H,35,37)/b7-5+. The molecule has 8 nitrogen and oxygen atoms in total. The van der Waals surface area contributed by atoms with Crippen LogP contribution in [0.2, 0.25) is 5.02 Å². The lowest BCUT2D eigenvalue weighted by atomic mass is 10.0. The van der Waals surface area contributed by atoms with Crippen molar-refractivity contribution in [3.05, 3.63) is 95.7 Å². The summed E-state index contributed by atoms with van der Waals surface area (Å²) in [5.74, 6) is 1.06. The first-order valence-corrected chi connectivity index (χ1v) is 12.7. The lowest BCUT2D eigenvalue weighted by Gasteiger charge is -2.26. The molecular formula is C29H27ClN6O2. The van der Waals surface area contributed by atoms with Crippen molar-refractivity contribution in [3.8, 4) is 5.75 Å². The number of amides is 1. The number of nitrogens with zero attached hydrogens (tertiary/aromatic N) is 4. The summed E-state index contributed by atoms with van der Waals surface area (Å²) in [6.45, 7) is 5.06. The van der Waals surface area contributed by atoms with E-state index in [-0.39, 0.29) is 5.91 Å². The number of anilines is 3. The number of pyridine rings is 1. The van der Waals surface area contributed by atoms with Crippen LogP contribution >= 0.6 is 11.6 Å². The van der Waals surface area contributed by atoms with Gasteiger partial charge < -0.3 is 20.3 Å². The predicted molar refractivity (Wildman–Crippen MR) is 152 cm³/mol. The van der Waals surface area contributed by atoms with Crippen LogP contribution in [0, 0.1) is 0 Å². The highest BCUT2D eigenvalue weighted by atomic mass is 35.5. The second kappa shape index (κ2) is 11.4. The smallest absolute Gasteiger partial charge is 0.248 e. The van der Waals surface area contributed by atoms with Crippen molar-refractivity contribution in [3.63, 3.8) is 0 Å².